The van der Waals surface area contributed by atoms with Crippen LogP contribution in [0, 0.1) is 11.8 Å². The first-order chi connectivity index (χ1) is 9.88. The van der Waals surface area contributed by atoms with Crippen molar-refractivity contribution in [2.24, 2.45) is 11.8 Å². The largest absolute Gasteiger partial charge is 0.314 e. The van der Waals surface area contributed by atoms with Gasteiger partial charge < -0.3 is 10.2 Å². The van der Waals surface area contributed by atoms with Gasteiger partial charge in [-0.2, -0.15) is 0 Å². The molecule has 1 saturated heterocycles. The summed E-state index contributed by atoms with van der Waals surface area (Å²) in [4.78, 5) is 2.87. The molecule has 1 heterocycles. The molecule has 0 aromatic rings. The molecule has 2 nitrogen and oxygen atoms in total. The van der Waals surface area contributed by atoms with Crippen molar-refractivity contribution in [3.63, 3.8) is 0 Å². The second-order valence-corrected chi connectivity index (χ2v) is 7.48. The van der Waals surface area contributed by atoms with E-state index in [1.165, 1.54) is 83.8 Å². The number of hydrogen-bond acceptors (Lipinski definition) is 2. The molecule has 0 aromatic carbocycles. The van der Waals surface area contributed by atoms with Crippen LogP contribution in [-0.2, 0) is 0 Å². The molecule has 2 aliphatic carbocycles. The fraction of sp³-hybridized carbons (Fsp3) is 1.00. The van der Waals surface area contributed by atoms with Crippen molar-refractivity contribution < 1.29 is 0 Å². The van der Waals surface area contributed by atoms with Gasteiger partial charge in [-0.15, -0.1) is 0 Å². The summed E-state index contributed by atoms with van der Waals surface area (Å²) in [6.07, 6.45) is 14.6. The predicted molar refractivity (Wildman–Crippen MR) is 86.0 cm³/mol. The molecule has 4 atom stereocenters. The van der Waals surface area contributed by atoms with Crippen LogP contribution >= 0.6 is 0 Å². The summed E-state index contributed by atoms with van der Waals surface area (Å²) in [5.41, 5.74) is 0. The minimum Gasteiger partial charge on any atom is -0.314 e. The summed E-state index contributed by atoms with van der Waals surface area (Å²) in [5.74, 6) is 2.02. The average molecular weight is 278 g/mol. The zero-order chi connectivity index (χ0) is 13.8. The molecule has 0 radical (unpaired) electrons. The van der Waals surface area contributed by atoms with Crippen molar-refractivity contribution in [2.45, 2.75) is 83.2 Å². The summed E-state index contributed by atoms with van der Waals surface area (Å²) >= 11 is 0. The second-order valence-electron chi connectivity index (χ2n) is 7.48. The highest BCUT2D eigenvalue weighted by Gasteiger charge is 2.35. The number of fused-ring (bicyclic) bond motifs is 1. The smallest absolute Gasteiger partial charge is 0.0123 e. The van der Waals surface area contributed by atoms with Crippen molar-refractivity contribution in [3.8, 4) is 0 Å². The SMILES string of the molecule is CCCNC1CCCC1CCN1CCCC2CCCC21. The lowest BCUT2D eigenvalue weighted by atomic mass is 9.91. The summed E-state index contributed by atoms with van der Waals surface area (Å²) < 4.78 is 0. The van der Waals surface area contributed by atoms with Crippen LogP contribution < -0.4 is 5.32 Å². The van der Waals surface area contributed by atoms with E-state index in [-0.39, 0.29) is 0 Å². The normalized spacial score (nSPS) is 38.2. The first-order valence-corrected chi connectivity index (χ1v) is 9.36. The third kappa shape index (κ3) is 3.39. The van der Waals surface area contributed by atoms with Gasteiger partial charge in [0, 0.05) is 12.1 Å². The van der Waals surface area contributed by atoms with Crippen LogP contribution in [0.1, 0.15) is 71.1 Å². The van der Waals surface area contributed by atoms with Crippen molar-refractivity contribution in [2.75, 3.05) is 19.6 Å². The highest BCUT2D eigenvalue weighted by atomic mass is 15.2. The molecule has 0 amide bonds. The molecule has 0 aromatic heterocycles. The summed E-state index contributed by atoms with van der Waals surface area (Å²) in [7, 11) is 0. The van der Waals surface area contributed by atoms with Gasteiger partial charge in [-0.3, -0.25) is 0 Å². The molecule has 1 aliphatic heterocycles. The van der Waals surface area contributed by atoms with Crippen molar-refractivity contribution in [3.05, 3.63) is 0 Å². The molecule has 4 unspecified atom stereocenters. The van der Waals surface area contributed by atoms with Crippen LogP contribution in [0.4, 0.5) is 0 Å². The van der Waals surface area contributed by atoms with E-state index in [0.29, 0.717) is 0 Å². The van der Waals surface area contributed by atoms with E-state index in [4.69, 9.17) is 0 Å². The molecule has 1 N–H and O–H groups in total. The van der Waals surface area contributed by atoms with E-state index in [9.17, 15) is 0 Å². The van der Waals surface area contributed by atoms with Crippen LogP contribution in [0.15, 0.2) is 0 Å². The fourth-order valence-electron chi connectivity index (χ4n) is 5.15. The molecule has 2 saturated carbocycles. The highest BCUT2D eigenvalue weighted by Crippen LogP contribution is 2.37. The molecular formula is C18H34N2. The van der Waals surface area contributed by atoms with E-state index in [0.717, 1.165) is 23.9 Å². The standard InChI is InChI=1S/C18H34N2/c1-2-12-19-17-9-3-6-15(17)11-14-20-13-5-8-16-7-4-10-18(16)20/h15-19H,2-14H2,1H3. The average Bonchev–Trinajstić information content (AvgIpc) is 3.11. The van der Waals surface area contributed by atoms with Gasteiger partial charge in [-0.1, -0.05) is 19.8 Å². The molecule has 3 fully saturated rings. The molecule has 2 heteroatoms. The lowest BCUT2D eigenvalue weighted by molar-refractivity contribution is 0.104. The van der Waals surface area contributed by atoms with Gasteiger partial charge in [0.2, 0.25) is 0 Å². The molecule has 3 rings (SSSR count). The van der Waals surface area contributed by atoms with Crippen molar-refractivity contribution >= 4 is 0 Å². The van der Waals surface area contributed by atoms with Gasteiger partial charge in [0.1, 0.15) is 0 Å². The van der Waals surface area contributed by atoms with E-state index in [1.54, 1.807) is 0 Å². The topological polar surface area (TPSA) is 15.3 Å². The third-order valence-electron chi connectivity index (χ3n) is 6.21. The van der Waals surface area contributed by atoms with E-state index < -0.39 is 0 Å². The molecule has 0 spiro atoms. The first kappa shape index (κ1) is 14.8. The number of hydrogen-bond donors (Lipinski definition) is 1. The molecule has 0 bridgehead atoms. The molecule has 116 valence electrons. The van der Waals surface area contributed by atoms with Gasteiger partial charge in [-0.05, 0) is 82.8 Å². The fourth-order valence-corrected chi connectivity index (χ4v) is 5.15. The minimum absolute atomic E-state index is 0.833. The number of piperidine rings is 1. The van der Waals surface area contributed by atoms with Crippen LogP contribution in [0.25, 0.3) is 0 Å². The van der Waals surface area contributed by atoms with Crippen LogP contribution in [0.5, 0.6) is 0 Å². The Bertz CT molecular complexity index is 291. The predicted octanol–water partition coefficient (Wildman–Crippen LogP) is 3.81. The van der Waals surface area contributed by atoms with Gasteiger partial charge in [-0.25, -0.2) is 0 Å². The second kappa shape index (κ2) is 7.26. The van der Waals surface area contributed by atoms with Crippen LogP contribution in [-0.4, -0.2) is 36.6 Å². The maximum absolute atomic E-state index is 3.80. The zero-order valence-corrected chi connectivity index (χ0v) is 13.4. The van der Waals surface area contributed by atoms with Gasteiger partial charge in [0.15, 0.2) is 0 Å². The van der Waals surface area contributed by atoms with E-state index in [2.05, 4.69) is 17.1 Å². The lowest BCUT2D eigenvalue weighted by Crippen LogP contribution is -2.44. The maximum atomic E-state index is 3.80. The number of nitrogens with zero attached hydrogens (tertiary/aromatic N) is 1. The highest BCUT2D eigenvalue weighted by molar-refractivity contribution is 4.90. The Kier molecular flexibility index (Phi) is 5.39. The Morgan fingerprint density at radius 2 is 1.85 bits per heavy atom. The number of likely N-dealkylation sites (tertiary alicyclic amines) is 1. The van der Waals surface area contributed by atoms with Crippen molar-refractivity contribution in [1.29, 1.82) is 0 Å². The van der Waals surface area contributed by atoms with E-state index >= 15 is 0 Å². The Morgan fingerprint density at radius 3 is 2.75 bits per heavy atom. The number of rotatable bonds is 6. The monoisotopic (exact) mass is 278 g/mol. The summed E-state index contributed by atoms with van der Waals surface area (Å²) in [6.45, 7) is 6.28. The Labute approximate surface area is 125 Å². The summed E-state index contributed by atoms with van der Waals surface area (Å²) in [5, 5.41) is 3.80. The van der Waals surface area contributed by atoms with Crippen LogP contribution in [0.3, 0.4) is 0 Å². The van der Waals surface area contributed by atoms with Crippen LogP contribution in [0.2, 0.25) is 0 Å². The van der Waals surface area contributed by atoms with Gasteiger partial charge in [0.05, 0.1) is 0 Å². The molecular weight excluding hydrogens is 244 g/mol. The van der Waals surface area contributed by atoms with Gasteiger partial charge in [0.25, 0.3) is 0 Å². The third-order valence-corrected chi connectivity index (χ3v) is 6.21. The maximum Gasteiger partial charge on any atom is 0.0123 e. The van der Waals surface area contributed by atoms with Gasteiger partial charge >= 0.3 is 0 Å². The quantitative estimate of drug-likeness (QED) is 0.795. The zero-order valence-electron chi connectivity index (χ0n) is 13.4. The number of nitrogens with one attached hydrogen (secondary N) is 1. The summed E-state index contributed by atoms with van der Waals surface area (Å²) in [6, 6.07) is 1.80. The molecule has 3 aliphatic rings. The van der Waals surface area contributed by atoms with E-state index in [1.807, 2.05) is 0 Å². The Hall–Kier alpha value is -0.0800. The lowest BCUT2D eigenvalue weighted by Gasteiger charge is -2.38. The Balaban J connectivity index is 1.46. The first-order valence-electron chi connectivity index (χ1n) is 9.36. The Morgan fingerprint density at radius 1 is 1.00 bits per heavy atom. The minimum atomic E-state index is 0.833. The molecule has 20 heavy (non-hydrogen) atoms. The van der Waals surface area contributed by atoms with Crippen molar-refractivity contribution in [1.82, 2.24) is 10.2 Å².